The third kappa shape index (κ3) is 2.97. The molecule has 0 unspecified atom stereocenters. The van der Waals surface area contributed by atoms with Gasteiger partial charge in [-0.15, -0.1) is 0 Å². The summed E-state index contributed by atoms with van der Waals surface area (Å²) in [4.78, 5) is 12.0. The SMILES string of the molecule is O=C(N[C@@H]1C=C[C@H](CO)C1)c1cc(F)ccc1Br. The Kier molecular flexibility index (Phi) is 4.14. The molecule has 0 aromatic heterocycles. The van der Waals surface area contributed by atoms with E-state index in [-0.39, 0.29) is 30.0 Å². The number of hydrogen-bond acceptors (Lipinski definition) is 2. The van der Waals surface area contributed by atoms with Gasteiger partial charge in [0.1, 0.15) is 5.82 Å². The molecule has 0 spiro atoms. The van der Waals surface area contributed by atoms with E-state index in [0.29, 0.717) is 10.9 Å². The third-order valence-corrected chi connectivity index (χ3v) is 3.59. The number of carbonyl (C=O) groups is 1. The largest absolute Gasteiger partial charge is 0.396 e. The molecule has 18 heavy (non-hydrogen) atoms. The van der Waals surface area contributed by atoms with Crippen molar-refractivity contribution in [1.82, 2.24) is 5.32 Å². The Bertz CT molecular complexity index is 490. The molecule has 0 bridgehead atoms. The molecular weight excluding hydrogens is 301 g/mol. The lowest BCUT2D eigenvalue weighted by Crippen LogP contribution is -2.33. The van der Waals surface area contributed by atoms with Crippen molar-refractivity contribution in [2.75, 3.05) is 6.61 Å². The highest BCUT2D eigenvalue weighted by Crippen LogP contribution is 2.20. The minimum Gasteiger partial charge on any atom is -0.396 e. The van der Waals surface area contributed by atoms with Crippen molar-refractivity contribution in [3.63, 3.8) is 0 Å². The molecule has 96 valence electrons. The molecule has 0 radical (unpaired) electrons. The number of benzene rings is 1. The predicted octanol–water partition coefficient (Wildman–Crippen LogP) is 2.25. The van der Waals surface area contributed by atoms with E-state index in [1.54, 1.807) is 0 Å². The molecule has 1 aromatic rings. The fourth-order valence-electron chi connectivity index (χ4n) is 1.93. The lowest BCUT2D eigenvalue weighted by atomic mass is 10.1. The number of halogens is 2. The van der Waals surface area contributed by atoms with Crippen molar-refractivity contribution >= 4 is 21.8 Å². The summed E-state index contributed by atoms with van der Waals surface area (Å²) in [5, 5.41) is 11.8. The normalized spacial score (nSPS) is 22.2. The Hall–Kier alpha value is -1.20. The summed E-state index contributed by atoms with van der Waals surface area (Å²) in [7, 11) is 0. The summed E-state index contributed by atoms with van der Waals surface area (Å²) in [6, 6.07) is 3.88. The standard InChI is InChI=1S/C13H13BrFNO2/c14-12-4-2-9(15)6-11(12)13(18)16-10-3-1-8(5-10)7-17/h1-4,6,8,10,17H,5,7H2,(H,16,18)/t8-,10+/m0/s1. The first-order valence-corrected chi connectivity index (χ1v) is 6.44. The van der Waals surface area contributed by atoms with Gasteiger partial charge in [-0.25, -0.2) is 4.39 Å². The quantitative estimate of drug-likeness (QED) is 0.841. The van der Waals surface area contributed by atoms with Crippen LogP contribution in [0.5, 0.6) is 0 Å². The fourth-order valence-corrected chi connectivity index (χ4v) is 2.36. The van der Waals surface area contributed by atoms with Crippen LogP contribution < -0.4 is 5.32 Å². The van der Waals surface area contributed by atoms with Crippen LogP contribution in [-0.2, 0) is 0 Å². The summed E-state index contributed by atoms with van der Waals surface area (Å²) in [6.07, 6.45) is 4.41. The van der Waals surface area contributed by atoms with Gasteiger partial charge in [0.05, 0.1) is 5.56 Å². The molecule has 0 saturated carbocycles. The van der Waals surface area contributed by atoms with Crippen LogP contribution in [0.4, 0.5) is 4.39 Å². The third-order valence-electron chi connectivity index (χ3n) is 2.90. The molecule has 2 N–H and O–H groups in total. The first kappa shape index (κ1) is 13.2. The molecule has 0 saturated heterocycles. The van der Waals surface area contributed by atoms with Gasteiger partial charge in [0.25, 0.3) is 5.91 Å². The minimum atomic E-state index is -0.446. The first-order valence-electron chi connectivity index (χ1n) is 5.65. The zero-order chi connectivity index (χ0) is 13.1. The number of aliphatic hydroxyl groups excluding tert-OH is 1. The van der Waals surface area contributed by atoms with Gasteiger partial charge in [-0.2, -0.15) is 0 Å². The van der Waals surface area contributed by atoms with Crippen LogP contribution in [0.1, 0.15) is 16.8 Å². The van der Waals surface area contributed by atoms with Crippen molar-refractivity contribution in [3.8, 4) is 0 Å². The maximum atomic E-state index is 13.1. The number of aliphatic hydroxyl groups is 1. The summed E-state index contributed by atoms with van der Waals surface area (Å²) in [5.74, 6) is -0.681. The van der Waals surface area contributed by atoms with Gasteiger partial charge in [0, 0.05) is 23.0 Å². The van der Waals surface area contributed by atoms with Gasteiger partial charge in [0.2, 0.25) is 0 Å². The van der Waals surface area contributed by atoms with E-state index < -0.39 is 5.82 Å². The van der Waals surface area contributed by atoms with E-state index in [1.807, 2.05) is 12.2 Å². The summed E-state index contributed by atoms with van der Waals surface area (Å²) >= 11 is 3.22. The lowest BCUT2D eigenvalue weighted by molar-refractivity contribution is 0.0940. The van der Waals surface area contributed by atoms with Gasteiger partial charge >= 0.3 is 0 Å². The number of rotatable bonds is 3. The Labute approximate surface area is 113 Å². The maximum absolute atomic E-state index is 13.1. The van der Waals surface area contributed by atoms with Crippen LogP contribution in [0.15, 0.2) is 34.8 Å². The number of nitrogens with one attached hydrogen (secondary N) is 1. The summed E-state index contributed by atoms with van der Waals surface area (Å²) < 4.78 is 13.6. The second-order valence-electron chi connectivity index (χ2n) is 4.27. The van der Waals surface area contributed by atoms with Crippen LogP contribution in [0.25, 0.3) is 0 Å². The van der Waals surface area contributed by atoms with Crippen LogP contribution >= 0.6 is 15.9 Å². The number of carbonyl (C=O) groups excluding carboxylic acids is 1. The van der Waals surface area contributed by atoms with Crippen LogP contribution in [-0.4, -0.2) is 23.7 Å². The van der Waals surface area contributed by atoms with Crippen LogP contribution in [0.3, 0.4) is 0 Å². The average molecular weight is 314 g/mol. The monoisotopic (exact) mass is 313 g/mol. The van der Waals surface area contributed by atoms with E-state index in [1.165, 1.54) is 18.2 Å². The molecule has 0 aliphatic heterocycles. The molecule has 2 rings (SSSR count). The second kappa shape index (κ2) is 5.63. The Morgan fingerprint density at radius 1 is 1.50 bits per heavy atom. The maximum Gasteiger partial charge on any atom is 0.252 e. The molecule has 1 aromatic carbocycles. The fraction of sp³-hybridized carbons (Fsp3) is 0.308. The minimum absolute atomic E-state index is 0.0759. The highest BCUT2D eigenvalue weighted by atomic mass is 79.9. The van der Waals surface area contributed by atoms with Crippen molar-refractivity contribution in [3.05, 3.63) is 46.2 Å². The highest BCUT2D eigenvalue weighted by molar-refractivity contribution is 9.10. The van der Waals surface area contributed by atoms with Crippen LogP contribution in [0, 0.1) is 11.7 Å². The Balaban J connectivity index is 2.04. The summed E-state index contributed by atoms with van der Waals surface area (Å²) in [6.45, 7) is 0.0759. The molecule has 2 atom stereocenters. The van der Waals surface area contributed by atoms with Gasteiger partial charge < -0.3 is 10.4 Å². The smallest absolute Gasteiger partial charge is 0.252 e. The first-order chi connectivity index (χ1) is 8.60. The topological polar surface area (TPSA) is 49.3 Å². The van der Waals surface area contributed by atoms with Crippen LogP contribution in [0.2, 0.25) is 0 Å². The molecule has 0 heterocycles. The number of hydrogen-bond donors (Lipinski definition) is 2. The zero-order valence-corrected chi connectivity index (χ0v) is 11.2. The number of amides is 1. The van der Waals surface area contributed by atoms with Gasteiger partial charge in [0.15, 0.2) is 0 Å². The average Bonchev–Trinajstić information content (AvgIpc) is 2.80. The van der Waals surface area contributed by atoms with Gasteiger partial charge in [-0.05, 0) is 40.5 Å². The van der Waals surface area contributed by atoms with E-state index in [9.17, 15) is 9.18 Å². The van der Waals surface area contributed by atoms with Crippen molar-refractivity contribution in [2.24, 2.45) is 5.92 Å². The highest BCUT2D eigenvalue weighted by Gasteiger charge is 2.21. The van der Waals surface area contributed by atoms with E-state index >= 15 is 0 Å². The van der Waals surface area contributed by atoms with Crippen molar-refractivity contribution in [2.45, 2.75) is 12.5 Å². The lowest BCUT2D eigenvalue weighted by Gasteiger charge is -2.13. The molecule has 5 heteroatoms. The Morgan fingerprint density at radius 2 is 2.28 bits per heavy atom. The Morgan fingerprint density at radius 3 is 2.94 bits per heavy atom. The molecule has 1 aliphatic rings. The molecular formula is C13H13BrFNO2. The molecule has 0 fully saturated rings. The summed E-state index contributed by atoms with van der Waals surface area (Å²) in [5.41, 5.74) is 0.274. The second-order valence-corrected chi connectivity index (χ2v) is 5.12. The molecule has 1 amide bonds. The molecule has 1 aliphatic carbocycles. The van der Waals surface area contributed by atoms with Gasteiger partial charge in [-0.1, -0.05) is 12.2 Å². The van der Waals surface area contributed by atoms with Crippen molar-refractivity contribution < 1.29 is 14.3 Å². The van der Waals surface area contributed by atoms with Gasteiger partial charge in [-0.3, -0.25) is 4.79 Å². The van der Waals surface area contributed by atoms with E-state index in [0.717, 1.165) is 0 Å². The van der Waals surface area contributed by atoms with E-state index in [4.69, 9.17) is 5.11 Å². The van der Waals surface area contributed by atoms with Crippen molar-refractivity contribution in [1.29, 1.82) is 0 Å². The predicted molar refractivity (Wildman–Crippen MR) is 69.7 cm³/mol. The zero-order valence-electron chi connectivity index (χ0n) is 9.57. The molecule has 3 nitrogen and oxygen atoms in total. The van der Waals surface area contributed by atoms with E-state index in [2.05, 4.69) is 21.2 Å².